The van der Waals surface area contributed by atoms with Crippen molar-refractivity contribution in [3.05, 3.63) is 41.1 Å². The van der Waals surface area contributed by atoms with Crippen molar-refractivity contribution >= 4 is 16.9 Å². The SMILES string of the molecule is CCc1ccc2cc(C(=O)O)cc(C)c2n1. The Balaban J connectivity index is 2.71. The largest absolute Gasteiger partial charge is 0.478 e. The quantitative estimate of drug-likeness (QED) is 0.838. The molecule has 3 heteroatoms. The smallest absolute Gasteiger partial charge is 0.335 e. The van der Waals surface area contributed by atoms with E-state index in [0.29, 0.717) is 5.56 Å². The van der Waals surface area contributed by atoms with E-state index in [1.165, 1.54) is 0 Å². The minimum absolute atomic E-state index is 0.316. The van der Waals surface area contributed by atoms with E-state index in [0.717, 1.165) is 28.6 Å². The minimum atomic E-state index is -0.899. The summed E-state index contributed by atoms with van der Waals surface area (Å²) >= 11 is 0. The number of hydrogen-bond donors (Lipinski definition) is 1. The zero-order valence-corrected chi connectivity index (χ0v) is 9.32. The van der Waals surface area contributed by atoms with Crippen molar-refractivity contribution in [2.24, 2.45) is 0 Å². The summed E-state index contributed by atoms with van der Waals surface area (Å²) in [4.78, 5) is 15.4. The Morgan fingerprint density at radius 1 is 1.38 bits per heavy atom. The summed E-state index contributed by atoms with van der Waals surface area (Å²) < 4.78 is 0. The van der Waals surface area contributed by atoms with Crippen molar-refractivity contribution in [1.29, 1.82) is 0 Å². The van der Waals surface area contributed by atoms with Crippen LogP contribution in [-0.2, 0) is 6.42 Å². The molecule has 0 aliphatic heterocycles. The van der Waals surface area contributed by atoms with Crippen LogP contribution in [0.2, 0.25) is 0 Å². The predicted octanol–water partition coefficient (Wildman–Crippen LogP) is 2.80. The molecular formula is C13H13NO2. The number of aromatic nitrogens is 1. The first-order valence-corrected chi connectivity index (χ1v) is 5.25. The van der Waals surface area contributed by atoms with E-state index in [4.69, 9.17) is 5.11 Å². The van der Waals surface area contributed by atoms with E-state index in [2.05, 4.69) is 11.9 Å². The summed E-state index contributed by atoms with van der Waals surface area (Å²) in [6.45, 7) is 3.94. The van der Waals surface area contributed by atoms with Gasteiger partial charge in [-0.25, -0.2) is 4.79 Å². The van der Waals surface area contributed by atoms with Gasteiger partial charge in [0.25, 0.3) is 0 Å². The number of rotatable bonds is 2. The van der Waals surface area contributed by atoms with Crippen LogP contribution >= 0.6 is 0 Å². The number of benzene rings is 1. The third kappa shape index (κ3) is 1.76. The molecule has 0 aliphatic rings. The summed E-state index contributed by atoms with van der Waals surface area (Å²) in [5.74, 6) is -0.899. The summed E-state index contributed by atoms with van der Waals surface area (Å²) in [6, 6.07) is 7.20. The van der Waals surface area contributed by atoms with Gasteiger partial charge >= 0.3 is 5.97 Å². The number of carboxylic acid groups (broad SMARTS) is 1. The lowest BCUT2D eigenvalue weighted by molar-refractivity contribution is 0.0697. The molecule has 0 saturated heterocycles. The molecule has 0 radical (unpaired) electrons. The number of carbonyl (C=O) groups is 1. The summed E-state index contributed by atoms with van der Waals surface area (Å²) in [5.41, 5.74) is 3.14. The number of fused-ring (bicyclic) bond motifs is 1. The summed E-state index contributed by atoms with van der Waals surface area (Å²) in [6.07, 6.45) is 0.885. The molecule has 0 spiro atoms. The Morgan fingerprint density at radius 3 is 2.75 bits per heavy atom. The standard InChI is InChI=1S/C13H13NO2/c1-3-11-5-4-9-7-10(13(15)16)6-8(2)12(9)14-11/h4-7H,3H2,1-2H3,(H,15,16). The van der Waals surface area contributed by atoms with Crippen molar-refractivity contribution in [3.63, 3.8) is 0 Å². The van der Waals surface area contributed by atoms with E-state index in [1.54, 1.807) is 12.1 Å². The number of hydrogen-bond acceptors (Lipinski definition) is 2. The van der Waals surface area contributed by atoms with Crippen LogP contribution in [-0.4, -0.2) is 16.1 Å². The molecule has 16 heavy (non-hydrogen) atoms. The lowest BCUT2D eigenvalue weighted by Crippen LogP contribution is -1.98. The first-order valence-electron chi connectivity index (χ1n) is 5.25. The predicted molar refractivity (Wildman–Crippen MR) is 62.8 cm³/mol. The fourth-order valence-electron chi connectivity index (χ4n) is 1.77. The highest BCUT2D eigenvalue weighted by Crippen LogP contribution is 2.19. The third-order valence-corrected chi connectivity index (χ3v) is 2.65. The molecule has 0 atom stereocenters. The van der Waals surface area contributed by atoms with Gasteiger partial charge in [-0.2, -0.15) is 0 Å². The van der Waals surface area contributed by atoms with Crippen molar-refractivity contribution < 1.29 is 9.90 Å². The highest BCUT2D eigenvalue weighted by molar-refractivity contribution is 5.94. The minimum Gasteiger partial charge on any atom is -0.478 e. The molecule has 2 rings (SSSR count). The van der Waals surface area contributed by atoms with Crippen molar-refractivity contribution in [3.8, 4) is 0 Å². The van der Waals surface area contributed by atoms with Crippen LogP contribution in [0.4, 0.5) is 0 Å². The first kappa shape index (κ1) is 10.6. The van der Waals surface area contributed by atoms with Crippen molar-refractivity contribution in [2.45, 2.75) is 20.3 Å². The van der Waals surface area contributed by atoms with E-state index in [-0.39, 0.29) is 0 Å². The zero-order chi connectivity index (χ0) is 11.7. The molecule has 0 aliphatic carbocycles. The maximum absolute atomic E-state index is 10.9. The fraction of sp³-hybridized carbons (Fsp3) is 0.231. The van der Waals surface area contributed by atoms with Gasteiger partial charge in [0, 0.05) is 11.1 Å². The maximum Gasteiger partial charge on any atom is 0.335 e. The lowest BCUT2D eigenvalue weighted by atomic mass is 10.1. The Morgan fingerprint density at radius 2 is 2.12 bits per heavy atom. The Hall–Kier alpha value is -1.90. The van der Waals surface area contributed by atoms with Gasteiger partial charge < -0.3 is 5.11 Å². The number of nitrogens with zero attached hydrogens (tertiary/aromatic N) is 1. The van der Waals surface area contributed by atoms with Gasteiger partial charge in [-0.15, -0.1) is 0 Å². The molecule has 2 aromatic rings. The van der Waals surface area contributed by atoms with Crippen LogP contribution in [0.1, 0.15) is 28.5 Å². The topological polar surface area (TPSA) is 50.2 Å². The zero-order valence-electron chi connectivity index (χ0n) is 9.32. The molecule has 1 aromatic carbocycles. The highest BCUT2D eigenvalue weighted by Gasteiger charge is 2.07. The van der Waals surface area contributed by atoms with Gasteiger partial charge in [-0.1, -0.05) is 13.0 Å². The molecule has 1 heterocycles. The van der Waals surface area contributed by atoms with Crippen LogP contribution in [0.3, 0.4) is 0 Å². The second-order valence-electron chi connectivity index (χ2n) is 3.83. The maximum atomic E-state index is 10.9. The molecule has 0 fully saturated rings. The molecule has 1 N–H and O–H groups in total. The fourth-order valence-corrected chi connectivity index (χ4v) is 1.77. The lowest BCUT2D eigenvalue weighted by Gasteiger charge is -2.05. The summed E-state index contributed by atoms with van der Waals surface area (Å²) in [7, 11) is 0. The van der Waals surface area contributed by atoms with Crippen molar-refractivity contribution in [2.75, 3.05) is 0 Å². The molecule has 0 saturated carbocycles. The molecule has 0 unspecified atom stereocenters. The first-order chi connectivity index (χ1) is 7.61. The van der Waals surface area contributed by atoms with Crippen LogP contribution in [0.15, 0.2) is 24.3 Å². The molecule has 1 aromatic heterocycles. The molecule has 0 bridgehead atoms. The molecule has 82 valence electrons. The Bertz CT molecular complexity index is 561. The highest BCUT2D eigenvalue weighted by atomic mass is 16.4. The average Bonchev–Trinajstić information content (AvgIpc) is 2.28. The second-order valence-corrected chi connectivity index (χ2v) is 3.83. The van der Waals surface area contributed by atoms with E-state index >= 15 is 0 Å². The van der Waals surface area contributed by atoms with Crippen LogP contribution in [0, 0.1) is 6.92 Å². The normalized spacial score (nSPS) is 10.6. The van der Waals surface area contributed by atoms with Gasteiger partial charge in [0.05, 0.1) is 11.1 Å². The average molecular weight is 215 g/mol. The second kappa shape index (κ2) is 3.93. The molecule has 3 nitrogen and oxygen atoms in total. The Labute approximate surface area is 93.7 Å². The third-order valence-electron chi connectivity index (χ3n) is 2.65. The van der Waals surface area contributed by atoms with Crippen LogP contribution in [0.5, 0.6) is 0 Å². The van der Waals surface area contributed by atoms with Gasteiger partial charge in [0.15, 0.2) is 0 Å². The molecular weight excluding hydrogens is 202 g/mol. The van der Waals surface area contributed by atoms with E-state index < -0.39 is 5.97 Å². The van der Waals surface area contributed by atoms with Gasteiger partial charge in [0.2, 0.25) is 0 Å². The van der Waals surface area contributed by atoms with E-state index in [9.17, 15) is 4.79 Å². The number of pyridine rings is 1. The van der Waals surface area contributed by atoms with Crippen LogP contribution < -0.4 is 0 Å². The Kier molecular flexibility index (Phi) is 2.60. The number of aryl methyl sites for hydroxylation is 2. The number of carboxylic acids is 1. The van der Waals surface area contributed by atoms with Crippen LogP contribution in [0.25, 0.3) is 10.9 Å². The molecule has 0 amide bonds. The summed E-state index contributed by atoms with van der Waals surface area (Å²) in [5, 5.41) is 9.83. The van der Waals surface area contributed by atoms with Gasteiger partial charge in [-0.3, -0.25) is 4.98 Å². The number of aromatic carboxylic acids is 1. The van der Waals surface area contributed by atoms with Gasteiger partial charge in [-0.05, 0) is 37.1 Å². The monoisotopic (exact) mass is 215 g/mol. The van der Waals surface area contributed by atoms with Crippen molar-refractivity contribution in [1.82, 2.24) is 4.98 Å². The van der Waals surface area contributed by atoms with E-state index in [1.807, 2.05) is 19.1 Å². The van der Waals surface area contributed by atoms with Gasteiger partial charge in [0.1, 0.15) is 0 Å².